The van der Waals surface area contributed by atoms with E-state index in [2.05, 4.69) is 30.4 Å². The predicted octanol–water partition coefficient (Wildman–Crippen LogP) is 3.50. The number of nitrogens with one attached hydrogen (secondary N) is 1. The van der Waals surface area contributed by atoms with Gasteiger partial charge < -0.3 is 5.32 Å². The van der Waals surface area contributed by atoms with Crippen LogP contribution in [0.25, 0.3) is 0 Å². The van der Waals surface area contributed by atoms with Gasteiger partial charge in [-0.15, -0.1) is 11.3 Å². The fourth-order valence-corrected chi connectivity index (χ4v) is 3.19. The first-order valence-electron chi connectivity index (χ1n) is 7.08. The molecule has 0 saturated carbocycles. The molecule has 20 heavy (non-hydrogen) atoms. The van der Waals surface area contributed by atoms with Crippen molar-refractivity contribution in [1.29, 1.82) is 0 Å². The maximum absolute atomic E-state index is 12.5. The standard InChI is InChI=1S/C17H21NOS/c1-3-14-8-9-15(20-14)12-17(19)16-7-5-4-6-13(16)10-11-18-2/h4-9,18H,3,10-12H2,1-2H3. The largest absolute Gasteiger partial charge is 0.319 e. The lowest BCUT2D eigenvalue weighted by Crippen LogP contribution is -2.13. The van der Waals surface area contributed by atoms with Gasteiger partial charge in [-0.25, -0.2) is 0 Å². The Morgan fingerprint density at radius 1 is 1.15 bits per heavy atom. The quantitative estimate of drug-likeness (QED) is 0.790. The van der Waals surface area contributed by atoms with Gasteiger partial charge in [0.25, 0.3) is 0 Å². The number of hydrogen-bond donors (Lipinski definition) is 1. The predicted molar refractivity (Wildman–Crippen MR) is 85.8 cm³/mol. The van der Waals surface area contributed by atoms with Gasteiger partial charge in [0, 0.05) is 21.7 Å². The van der Waals surface area contributed by atoms with Crippen molar-refractivity contribution in [2.24, 2.45) is 0 Å². The van der Waals surface area contributed by atoms with Crippen LogP contribution in [0.2, 0.25) is 0 Å². The lowest BCUT2D eigenvalue weighted by molar-refractivity contribution is 0.0993. The summed E-state index contributed by atoms with van der Waals surface area (Å²) in [5.41, 5.74) is 2.01. The van der Waals surface area contributed by atoms with Gasteiger partial charge in [-0.3, -0.25) is 4.79 Å². The molecule has 0 aliphatic carbocycles. The minimum atomic E-state index is 0.223. The second-order valence-electron chi connectivity index (χ2n) is 4.83. The van der Waals surface area contributed by atoms with Crippen LogP contribution in [0.15, 0.2) is 36.4 Å². The molecule has 0 bridgehead atoms. The first kappa shape index (κ1) is 14.9. The molecule has 0 spiro atoms. The van der Waals surface area contributed by atoms with Crippen LogP contribution in [0.3, 0.4) is 0 Å². The van der Waals surface area contributed by atoms with Crippen LogP contribution in [-0.2, 0) is 19.3 Å². The number of hydrogen-bond acceptors (Lipinski definition) is 3. The Morgan fingerprint density at radius 2 is 1.90 bits per heavy atom. The van der Waals surface area contributed by atoms with Crippen molar-refractivity contribution < 1.29 is 4.79 Å². The van der Waals surface area contributed by atoms with E-state index in [1.165, 1.54) is 4.88 Å². The number of aryl methyl sites for hydroxylation is 1. The molecule has 0 fully saturated rings. The summed E-state index contributed by atoms with van der Waals surface area (Å²) in [6.07, 6.45) is 2.45. The van der Waals surface area contributed by atoms with Crippen molar-refractivity contribution in [3.8, 4) is 0 Å². The van der Waals surface area contributed by atoms with Gasteiger partial charge in [-0.2, -0.15) is 0 Å². The molecule has 0 amide bonds. The number of Topliss-reactive ketones (excluding diaryl/α,β-unsaturated/α-hetero) is 1. The Bertz CT molecular complexity index is 574. The summed E-state index contributed by atoms with van der Waals surface area (Å²) >= 11 is 1.75. The SMILES string of the molecule is CCc1ccc(CC(=O)c2ccccc2CCNC)s1. The van der Waals surface area contributed by atoms with Crippen LogP contribution >= 0.6 is 11.3 Å². The Hall–Kier alpha value is -1.45. The van der Waals surface area contributed by atoms with Gasteiger partial charge >= 0.3 is 0 Å². The van der Waals surface area contributed by atoms with Gasteiger partial charge in [-0.05, 0) is 44.1 Å². The molecule has 3 heteroatoms. The molecule has 0 unspecified atom stereocenters. The van der Waals surface area contributed by atoms with Crippen LogP contribution in [-0.4, -0.2) is 19.4 Å². The topological polar surface area (TPSA) is 29.1 Å². The molecule has 0 radical (unpaired) electrons. The van der Waals surface area contributed by atoms with E-state index in [0.29, 0.717) is 6.42 Å². The van der Waals surface area contributed by atoms with E-state index in [1.807, 2.05) is 25.2 Å². The summed E-state index contributed by atoms with van der Waals surface area (Å²) < 4.78 is 0. The van der Waals surface area contributed by atoms with E-state index in [1.54, 1.807) is 11.3 Å². The second kappa shape index (κ2) is 7.36. The summed E-state index contributed by atoms with van der Waals surface area (Å²) in [6.45, 7) is 3.04. The van der Waals surface area contributed by atoms with Crippen LogP contribution in [0.5, 0.6) is 0 Å². The highest BCUT2D eigenvalue weighted by molar-refractivity contribution is 7.12. The second-order valence-corrected chi connectivity index (χ2v) is 6.09. The van der Waals surface area contributed by atoms with Crippen molar-refractivity contribution >= 4 is 17.1 Å². The Labute approximate surface area is 124 Å². The maximum atomic E-state index is 12.5. The number of thiophene rings is 1. The smallest absolute Gasteiger partial charge is 0.168 e. The van der Waals surface area contributed by atoms with Gasteiger partial charge in [-0.1, -0.05) is 31.2 Å². The fourth-order valence-electron chi connectivity index (χ4n) is 2.23. The average molecular weight is 287 g/mol. The lowest BCUT2D eigenvalue weighted by Gasteiger charge is -2.07. The maximum Gasteiger partial charge on any atom is 0.168 e. The zero-order valence-corrected chi connectivity index (χ0v) is 12.9. The summed E-state index contributed by atoms with van der Waals surface area (Å²) in [6, 6.07) is 12.2. The van der Waals surface area contributed by atoms with E-state index in [-0.39, 0.29) is 5.78 Å². The molecule has 2 rings (SSSR count). The highest BCUT2D eigenvalue weighted by atomic mass is 32.1. The Kier molecular flexibility index (Phi) is 5.50. The molecule has 0 aliphatic heterocycles. The van der Waals surface area contributed by atoms with Crippen molar-refractivity contribution in [2.75, 3.05) is 13.6 Å². The Balaban J connectivity index is 2.12. The third kappa shape index (κ3) is 3.78. The number of carbonyl (C=O) groups excluding carboxylic acids is 1. The van der Waals surface area contributed by atoms with E-state index >= 15 is 0 Å². The lowest BCUT2D eigenvalue weighted by atomic mass is 9.99. The molecular weight excluding hydrogens is 266 g/mol. The van der Waals surface area contributed by atoms with Gasteiger partial charge in [0.15, 0.2) is 5.78 Å². The minimum Gasteiger partial charge on any atom is -0.319 e. The number of carbonyl (C=O) groups is 1. The van der Waals surface area contributed by atoms with Crippen molar-refractivity contribution in [3.63, 3.8) is 0 Å². The summed E-state index contributed by atoms with van der Waals surface area (Å²) in [5.74, 6) is 0.223. The van der Waals surface area contributed by atoms with Crippen LogP contribution in [0, 0.1) is 0 Å². The summed E-state index contributed by atoms with van der Waals surface area (Å²) in [5, 5.41) is 3.13. The molecule has 2 aromatic rings. The highest BCUT2D eigenvalue weighted by Crippen LogP contribution is 2.20. The third-order valence-electron chi connectivity index (χ3n) is 3.36. The number of likely N-dealkylation sites (N-methyl/N-ethyl adjacent to an activating group) is 1. The van der Waals surface area contributed by atoms with Crippen LogP contribution in [0.4, 0.5) is 0 Å². The molecule has 1 N–H and O–H groups in total. The van der Waals surface area contributed by atoms with Gasteiger partial charge in [0.1, 0.15) is 0 Å². The zero-order valence-electron chi connectivity index (χ0n) is 12.1. The normalized spacial score (nSPS) is 10.7. The monoisotopic (exact) mass is 287 g/mol. The fraction of sp³-hybridized carbons (Fsp3) is 0.353. The van der Waals surface area contributed by atoms with E-state index in [0.717, 1.165) is 35.4 Å². The first-order chi connectivity index (χ1) is 9.74. The van der Waals surface area contributed by atoms with E-state index in [4.69, 9.17) is 0 Å². The van der Waals surface area contributed by atoms with E-state index in [9.17, 15) is 4.79 Å². The zero-order chi connectivity index (χ0) is 14.4. The average Bonchev–Trinajstić information content (AvgIpc) is 2.93. The molecule has 1 aromatic heterocycles. The Morgan fingerprint density at radius 3 is 2.60 bits per heavy atom. The molecule has 0 saturated heterocycles. The molecule has 1 heterocycles. The number of benzene rings is 1. The molecular formula is C17H21NOS. The van der Waals surface area contributed by atoms with Crippen molar-refractivity contribution in [3.05, 3.63) is 57.3 Å². The molecule has 1 aromatic carbocycles. The van der Waals surface area contributed by atoms with Crippen LogP contribution < -0.4 is 5.32 Å². The summed E-state index contributed by atoms with van der Waals surface area (Å²) in [4.78, 5) is 15.0. The molecule has 106 valence electrons. The molecule has 0 aliphatic rings. The van der Waals surface area contributed by atoms with Gasteiger partial charge in [0.2, 0.25) is 0 Å². The van der Waals surface area contributed by atoms with Crippen molar-refractivity contribution in [2.45, 2.75) is 26.2 Å². The van der Waals surface area contributed by atoms with Gasteiger partial charge in [0.05, 0.1) is 0 Å². The van der Waals surface area contributed by atoms with Crippen LogP contribution in [0.1, 0.15) is 32.6 Å². The number of ketones is 1. The third-order valence-corrected chi connectivity index (χ3v) is 4.59. The number of rotatable bonds is 7. The highest BCUT2D eigenvalue weighted by Gasteiger charge is 2.12. The first-order valence-corrected chi connectivity index (χ1v) is 7.89. The minimum absolute atomic E-state index is 0.223. The summed E-state index contributed by atoms with van der Waals surface area (Å²) in [7, 11) is 1.93. The van der Waals surface area contributed by atoms with E-state index < -0.39 is 0 Å². The molecule has 0 atom stereocenters. The van der Waals surface area contributed by atoms with Crippen molar-refractivity contribution in [1.82, 2.24) is 5.32 Å². The molecule has 2 nitrogen and oxygen atoms in total.